The van der Waals surface area contributed by atoms with Gasteiger partial charge in [-0.25, -0.2) is 15.3 Å². The molecule has 2 atom stereocenters. The molecule has 3 fully saturated rings. The lowest BCUT2D eigenvalue weighted by Crippen LogP contribution is -2.50. The molecular formula is C13H20N4O6. The van der Waals surface area contributed by atoms with Crippen molar-refractivity contribution in [1.82, 2.24) is 20.3 Å². The van der Waals surface area contributed by atoms with Gasteiger partial charge in [0, 0.05) is 19.6 Å². The van der Waals surface area contributed by atoms with Crippen LogP contribution in [0.4, 0.5) is 4.79 Å². The number of amides is 4. The van der Waals surface area contributed by atoms with Gasteiger partial charge in [-0.2, -0.15) is 0 Å². The number of piperidine rings is 1. The van der Waals surface area contributed by atoms with Crippen LogP contribution in [0.15, 0.2) is 0 Å². The first-order valence-electron chi connectivity index (χ1n) is 7.64. The molecule has 3 rings (SSSR count). The molecule has 0 spiro atoms. The smallest absolute Gasteiger partial charge is 0.344 e. The summed E-state index contributed by atoms with van der Waals surface area (Å²) in [5.41, 5.74) is 2.23. The minimum absolute atomic E-state index is 0.226. The van der Waals surface area contributed by atoms with Gasteiger partial charge in [0.05, 0.1) is 19.3 Å². The number of ether oxygens (including phenoxy) is 1. The first-order chi connectivity index (χ1) is 11.1. The van der Waals surface area contributed by atoms with Gasteiger partial charge in [-0.3, -0.25) is 19.6 Å². The highest BCUT2D eigenvalue weighted by Crippen LogP contribution is 2.28. The van der Waals surface area contributed by atoms with Crippen molar-refractivity contribution in [2.75, 3.05) is 39.5 Å². The van der Waals surface area contributed by atoms with Gasteiger partial charge in [0.1, 0.15) is 6.04 Å². The molecule has 10 heteroatoms. The molecular weight excluding hydrogens is 308 g/mol. The summed E-state index contributed by atoms with van der Waals surface area (Å²) in [5.74, 6) is -0.710. The van der Waals surface area contributed by atoms with Crippen LogP contribution in [0.25, 0.3) is 0 Å². The molecule has 0 aliphatic carbocycles. The van der Waals surface area contributed by atoms with Gasteiger partial charge in [0.25, 0.3) is 11.8 Å². The van der Waals surface area contributed by atoms with E-state index in [2.05, 4.69) is 5.48 Å². The number of carbonyl (C=O) groups excluding carboxylic acids is 3. The van der Waals surface area contributed by atoms with Crippen LogP contribution in [0.1, 0.15) is 12.8 Å². The number of hydrogen-bond acceptors (Lipinski definition) is 6. The van der Waals surface area contributed by atoms with E-state index < -0.39 is 18.0 Å². The largest absolute Gasteiger partial charge is 0.378 e. The van der Waals surface area contributed by atoms with Gasteiger partial charge in [-0.1, -0.05) is 0 Å². The van der Waals surface area contributed by atoms with Crippen LogP contribution in [0.3, 0.4) is 0 Å². The third kappa shape index (κ3) is 3.23. The lowest BCUT2D eigenvalue weighted by molar-refractivity contribution is -0.149. The van der Waals surface area contributed by atoms with Crippen molar-refractivity contribution in [2.24, 2.45) is 0 Å². The van der Waals surface area contributed by atoms with E-state index in [1.807, 2.05) is 0 Å². The SMILES string of the molecule is O=C(NOCC(=O)N1CCOCC1)[C@@H]1CC[C@@H]2CN1C(=O)N2O. The quantitative estimate of drug-likeness (QED) is 0.482. The highest BCUT2D eigenvalue weighted by Gasteiger charge is 2.46. The van der Waals surface area contributed by atoms with Gasteiger partial charge in [-0.15, -0.1) is 0 Å². The lowest BCUT2D eigenvalue weighted by atomic mass is 10.0. The Bertz CT molecular complexity index is 495. The highest BCUT2D eigenvalue weighted by atomic mass is 16.7. The fourth-order valence-electron chi connectivity index (χ4n) is 3.06. The van der Waals surface area contributed by atoms with Crippen LogP contribution in [-0.2, 0) is 19.2 Å². The molecule has 0 aromatic rings. The minimum Gasteiger partial charge on any atom is -0.378 e. The molecule has 2 N–H and O–H groups in total. The number of fused-ring (bicyclic) bond motifs is 2. The van der Waals surface area contributed by atoms with Crippen molar-refractivity contribution in [3.05, 3.63) is 0 Å². The van der Waals surface area contributed by atoms with Crippen LogP contribution < -0.4 is 5.48 Å². The highest BCUT2D eigenvalue weighted by molar-refractivity contribution is 5.88. The summed E-state index contributed by atoms with van der Waals surface area (Å²) in [4.78, 5) is 43.7. The first kappa shape index (κ1) is 16.0. The average Bonchev–Trinajstić information content (AvgIpc) is 2.80. The van der Waals surface area contributed by atoms with E-state index >= 15 is 0 Å². The standard InChI is InChI=1S/C13H20N4O6/c18-11(15-3-5-22-6-4-15)8-23-14-12(19)10-2-1-9-7-16(10)13(20)17(9)21/h9-10,21H,1-8H2,(H,14,19)/t9-,10+/m1/s1. The second-order valence-corrected chi connectivity index (χ2v) is 5.77. The van der Waals surface area contributed by atoms with Crippen molar-refractivity contribution in [1.29, 1.82) is 0 Å². The maximum atomic E-state index is 12.1. The molecule has 23 heavy (non-hydrogen) atoms. The van der Waals surface area contributed by atoms with Crippen molar-refractivity contribution >= 4 is 17.8 Å². The fourth-order valence-corrected chi connectivity index (χ4v) is 3.06. The van der Waals surface area contributed by atoms with Crippen LogP contribution in [0.2, 0.25) is 0 Å². The van der Waals surface area contributed by atoms with E-state index in [-0.39, 0.29) is 18.6 Å². The molecule has 0 radical (unpaired) electrons. The zero-order chi connectivity index (χ0) is 16.4. The Balaban J connectivity index is 1.44. The number of nitrogens with one attached hydrogen (secondary N) is 1. The first-order valence-corrected chi connectivity index (χ1v) is 7.64. The molecule has 3 saturated heterocycles. The van der Waals surface area contributed by atoms with Crippen molar-refractivity contribution in [3.8, 4) is 0 Å². The summed E-state index contributed by atoms with van der Waals surface area (Å²) in [7, 11) is 0. The number of rotatable bonds is 4. The molecule has 3 heterocycles. The van der Waals surface area contributed by atoms with Crippen molar-refractivity contribution < 1.29 is 29.2 Å². The van der Waals surface area contributed by atoms with Gasteiger partial charge in [-0.05, 0) is 12.8 Å². The summed E-state index contributed by atoms with van der Waals surface area (Å²) < 4.78 is 5.15. The molecule has 0 aromatic carbocycles. The predicted molar refractivity (Wildman–Crippen MR) is 74.0 cm³/mol. The Morgan fingerprint density at radius 2 is 2.04 bits per heavy atom. The van der Waals surface area contributed by atoms with Gasteiger partial charge in [0.15, 0.2) is 6.61 Å². The molecule has 10 nitrogen and oxygen atoms in total. The van der Waals surface area contributed by atoms with E-state index in [1.165, 1.54) is 4.90 Å². The summed E-state index contributed by atoms with van der Waals surface area (Å²) in [6, 6.07) is -1.51. The second kappa shape index (κ2) is 6.69. The predicted octanol–water partition coefficient (Wildman–Crippen LogP) is -1.45. The maximum Gasteiger partial charge on any atom is 0.344 e. The Morgan fingerprint density at radius 1 is 1.30 bits per heavy atom. The van der Waals surface area contributed by atoms with Crippen LogP contribution in [0, 0.1) is 0 Å². The fraction of sp³-hybridized carbons (Fsp3) is 0.769. The van der Waals surface area contributed by atoms with Crippen LogP contribution in [0.5, 0.6) is 0 Å². The number of urea groups is 1. The lowest BCUT2D eigenvalue weighted by Gasteiger charge is -2.29. The van der Waals surface area contributed by atoms with E-state index in [0.29, 0.717) is 50.8 Å². The monoisotopic (exact) mass is 328 g/mol. The van der Waals surface area contributed by atoms with Gasteiger partial charge in [0.2, 0.25) is 0 Å². The minimum atomic E-state index is -0.686. The van der Waals surface area contributed by atoms with Crippen LogP contribution >= 0.6 is 0 Å². The van der Waals surface area contributed by atoms with Crippen molar-refractivity contribution in [3.63, 3.8) is 0 Å². The summed E-state index contributed by atoms with van der Waals surface area (Å²) in [6.45, 7) is 2.07. The van der Waals surface area contributed by atoms with Crippen molar-refractivity contribution in [2.45, 2.75) is 24.9 Å². The number of nitrogens with zero attached hydrogens (tertiary/aromatic N) is 3. The summed E-state index contributed by atoms with van der Waals surface area (Å²) in [5, 5.41) is 10.3. The van der Waals surface area contributed by atoms with E-state index in [1.54, 1.807) is 4.90 Å². The number of morpholine rings is 1. The third-order valence-electron chi connectivity index (χ3n) is 4.38. The second-order valence-electron chi connectivity index (χ2n) is 5.77. The average molecular weight is 328 g/mol. The molecule has 0 aromatic heterocycles. The number of hydrogen-bond donors (Lipinski definition) is 2. The van der Waals surface area contributed by atoms with Gasteiger partial charge < -0.3 is 14.5 Å². The van der Waals surface area contributed by atoms with Gasteiger partial charge >= 0.3 is 6.03 Å². The van der Waals surface area contributed by atoms with E-state index in [4.69, 9.17) is 9.57 Å². The third-order valence-corrected chi connectivity index (χ3v) is 4.38. The Hall–Kier alpha value is -1.91. The zero-order valence-corrected chi connectivity index (χ0v) is 12.6. The maximum absolute atomic E-state index is 12.1. The van der Waals surface area contributed by atoms with E-state index in [9.17, 15) is 19.6 Å². The normalized spacial score (nSPS) is 27.3. The number of hydroxylamine groups is 3. The Kier molecular flexibility index (Phi) is 4.64. The summed E-state index contributed by atoms with van der Waals surface area (Å²) >= 11 is 0. The molecule has 128 valence electrons. The molecule has 0 unspecified atom stereocenters. The molecule has 4 amide bonds. The Labute approximate surface area is 132 Å². The van der Waals surface area contributed by atoms with Crippen LogP contribution in [-0.4, -0.2) is 89.5 Å². The molecule has 0 saturated carbocycles. The molecule has 2 bridgehead atoms. The molecule has 3 aliphatic rings. The van der Waals surface area contributed by atoms with E-state index in [0.717, 1.165) is 0 Å². The number of carbonyl (C=O) groups is 3. The molecule has 3 aliphatic heterocycles. The summed E-state index contributed by atoms with van der Waals surface area (Å²) in [6.07, 6.45) is 0.990. The topological polar surface area (TPSA) is 112 Å². The Morgan fingerprint density at radius 3 is 2.78 bits per heavy atom. The zero-order valence-electron chi connectivity index (χ0n) is 12.6.